The van der Waals surface area contributed by atoms with Gasteiger partial charge in [0, 0.05) is 29.1 Å². The molecule has 1 aliphatic heterocycles. The first-order chi connectivity index (χ1) is 14.5. The molecule has 168 valence electrons. The van der Waals surface area contributed by atoms with Gasteiger partial charge in [0.25, 0.3) is 0 Å². The Bertz CT molecular complexity index is 1050. The van der Waals surface area contributed by atoms with E-state index in [9.17, 15) is 26.4 Å². The van der Waals surface area contributed by atoms with Gasteiger partial charge in [-0.2, -0.15) is 13.2 Å². The van der Waals surface area contributed by atoms with Crippen LogP contribution < -0.4 is 5.32 Å². The van der Waals surface area contributed by atoms with E-state index in [-0.39, 0.29) is 42.4 Å². The molecule has 0 saturated carbocycles. The Morgan fingerprint density at radius 2 is 1.61 bits per heavy atom. The number of hydrogen-bond acceptors (Lipinski definition) is 3. The number of nitrogens with zero attached hydrogens (tertiary/aromatic N) is 1. The third kappa shape index (κ3) is 6.12. The number of carbonyl (C=O) groups excluding carboxylic acids is 1. The molecule has 1 saturated heterocycles. The number of amides is 1. The van der Waals surface area contributed by atoms with Gasteiger partial charge in [-0.25, -0.2) is 12.7 Å². The molecule has 1 aliphatic rings. The van der Waals surface area contributed by atoms with Crippen LogP contribution in [0, 0.1) is 5.92 Å². The SMILES string of the molecule is O=C(Nc1ccc(Cl)cc1C(F)(F)F)C1CCN(S(=O)(=O)Cc2ccc(Cl)cc2)CC1. The fraction of sp³-hybridized carbons (Fsp3) is 0.350. The summed E-state index contributed by atoms with van der Waals surface area (Å²) in [5, 5.41) is 2.72. The summed E-state index contributed by atoms with van der Waals surface area (Å²) < 4.78 is 66.2. The minimum atomic E-state index is -4.67. The Labute approximate surface area is 188 Å². The average Bonchev–Trinajstić information content (AvgIpc) is 2.70. The third-order valence-electron chi connectivity index (χ3n) is 5.03. The van der Waals surface area contributed by atoms with Gasteiger partial charge in [-0.3, -0.25) is 4.79 Å². The summed E-state index contributed by atoms with van der Waals surface area (Å²) in [6.45, 7) is 0.224. The number of sulfonamides is 1. The van der Waals surface area contributed by atoms with Crippen molar-refractivity contribution in [3.63, 3.8) is 0 Å². The molecule has 0 aliphatic carbocycles. The molecule has 2 aromatic carbocycles. The summed E-state index contributed by atoms with van der Waals surface area (Å²) in [4.78, 5) is 12.5. The molecule has 0 unspecified atom stereocenters. The summed E-state index contributed by atoms with van der Waals surface area (Å²) in [6, 6.07) is 9.59. The first-order valence-corrected chi connectivity index (χ1v) is 11.7. The van der Waals surface area contributed by atoms with Crippen molar-refractivity contribution in [3.05, 3.63) is 63.6 Å². The first-order valence-electron chi connectivity index (χ1n) is 9.35. The standard InChI is InChI=1S/C20H19Cl2F3N2O3S/c21-15-3-1-13(2-4-15)12-31(29,30)27-9-7-14(8-10-27)19(28)26-18-6-5-16(22)11-17(18)20(23,24)25/h1-6,11,14H,7-10,12H2,(H,26,28). The van der Waals surface area contributed by atoms with Gasteiger partial charge in [0.05, 0.1) is 17.0 Å². The second-order valence-electron chi connectivity index (χ2n) is 7.23. The molecule has 2 aromatic rings. The highest BCUT2D eigenvalue weighted by molar-refractivity contribution is 7.88. The molecule has 0 atom stereocenters. The zero-order valence-corrected chi connectivity index (χ0v) is 18.5. The predicted molar refractivity (Wildman–Crippen MR) is 113 cm³/mol. The largest absolute Gasteiger partial charge is 0.418 e. The highest BCUT2D eigenvalue weighted by Crippen LogP contribution is 2.37. The molecule has 0 aromatic heterocycles. The van der Waals surface area contributed by atoms with Gasteiger partial charge in [-0.15, -0.1) is 0 Å². The van der Waals surface area contributed by atoms with Crippen molar-refractivity contribution in [1.82, 2.24) is 4.31 Å². The third-order valence-corrected chi connectivity index (χ3v) is 7.36. The smallest absolute Gasteiger partial charge is 0.325 e. The average molecular weight is 495 g/mol. The Hall–Kier alpha value is -1.81. The summed E-state index contributed by atoms with van der Waals surface area (Å²) in [6.07, 6.45) is -4.26. The van der Waals surface area contributed by atoms with Crippen LogP contribution in [0.3, 0.4) is 0 Å². The van der Waals surface area contributed by atoms with E-state index in [0.29, 0.717) is 10.6 Å². The summed E-state index contributed by atoms with van der Waals surface area (Å²) >= 11 is 11.5. The molecule has 1 heterocycles. The highest BCUT2D eigenvalue weighted by Gasteiger charge is 2.36. The number of alkyl halides is 3. The van der Waals surface area contributed by atoms with Crippen molar-refractivity contribution in [1.29, 1.82) is 0 Å². The number of halogens is 5. The molecule has 1 N–H and O–H groups in total. The number of hydrogen-bond donors (Lipinski definition) is 1. The fourth-order valence-corrected chi connectivity index (χ4v) is 5.24. The van der Waals surface area contributed by atoms with E-state index in [4.69, 9.17) is 23.2 Å². The van der Waals surface area contributed by atoms with E-state index >= 15 is 0 Å². The van der Waals surface area contributed by atoms with E-state index in [1.165, 1.54) is 10.4 Å². The summed E-state index contributed by atoms with van der Waals surface area (Å²) in [7, 11) is -3.59. The van der Waals surface area contributed by atoms with E-state index < -0.39 is 33.6 Å². The number of piperidine rings is 1. The van der Waals surface area contributed by atoms with Gasteiger partial charge in [0.1, 0.15) is 0 Å². The number of benzene rings is 2. The number of nitrogens with one attached hydrogen (secondary N) is 1. The Morgan fingerprint density at radius 3 is 2.19 bits per heavy atom. The van der Waals surface area contributed by atoms with Crippen molar-refractivity contribution in [3.8, 4) is 0 Å². The maximum atomic E-state index is 13.2. The normalized spacial score (nSPS) is 16.3. The summed E-state index contributed by atoms with van der Waals surface area (Å²) in [5.41, 5.74) is -0.817. The van der Waals surface area contributed by atoms with E-state index in [0.717, 1.165) is 12.1 Å². The van der Waals surface area contributed by atoms with Crippen LogP contribution in [0.15, 0.2) is 42.5 Å². The number of rotatable bonds is 5. The molecule has 31 heavy (non-hydrogen) atoms. The van der Waals surface area contributed by atoms with E-state index in [1.807, 2.05) is 0 Å². The molecule has 0 bridgehead atoms. The fourth-order valence-electron chi connectivity index (χ4n) is 3.37. The van der Waals surface area contributed by atoms with Crippen molar-refractivity contribution in [2.75, 3.05) is 18.4 Å². The molecule has 3 rings (SSSR count). The van der Waals surface area contributed by atoms with Crippen LogP contribution in [0.5, 0.6) is 0 Å². The van der Waals surface area contributed by atoms with E-state index in [1.54, 1.807) is 24.3 Å². The quantitative estimate of drug-likeness (QED) is 0.621. The Kier molecular flexibility index (Phi) is 7.20. The van der Waals surface area contributed by atoms with Gasteiger partial charge in [0.2, 0.25) is 15.9 Å². The molecule has 0 radical (unpaired) electrons. The lowest BCUT2D eigenvalue weighted by molar-refractivity contribution is -0.137. The van der Waals surface area contributed by atoms with Crippen molar-refractivity contribution in [2.24, 2.45) is 5.92 Å². The lowest BCUT2D eigenvalue weighted by Gasteiger charge is -2.30. The van der Waals surface area contributed by atoms with Crippen LogP contribution in [0.2, 0.25) is 10.0 Å². The molecular formula is C20H19Cl2F3N2O3S. The highest BCUT2D eigenvalue weighted by atomic mass is 35.5. The molecule has 5 nitrogen and oxygen atoms in total. The van der Waals surface area contributed by atoms with Gasteiger partial charge in [0.15, 0.2) is 0 Å². The number of carbonyl (C=O) groups is 1. The number of anilines is 1. The molecule has 11 heteroatoms. The van der Waals surface area contributed by atoms with Crippen LogP contribution >= 0.6 is 23.2 Å². The molecule has 1 amide bonds. The Morgan fingerprint density at radius 1 is 1.03 bits per heavy atom. The maximum Gasteiger partial charge on any atom is 0.418 e. The van der Waals surface area contributed by atoms with Crippen LogP contribution in [0.4, 0.5) is 18.9 Å². The molecule has 0 spiro atoms. The predicted octanol–water partition coefficient (Wildman–Crippen LogP) is 5.19. The monoisotopic (exact) mass is 494 g/mol. The lowest BCUT2D eigenvalue weighted by atomic mass is 9.97. The zero-order valence-electron chi connectivity index (χ0n) is 16.1. The minimum absolute atomic E-state index is 0.0930. The second-order valence-corrected chi connectivity index (χ2v) is 10.1. The minimum Gasteiger partial charge on any atom is -0.325 e. The van der Waals surface area contributed by atoms with Crippen LogP contribution in [0.25, 0.3) is 0 Å². The van der Waals surface area contributed by atoms with Gasteiger partial charge in [-0.05, 0) is 48.7 Å². The van der Waals surface area contributed by atoms with Gasteiger partial charge >= 0.3 is 6.18 Å². The van der Waals surface area contributed by atoms with E-state index in [2.05, 4.69) is 5.32 Å². The molecular weight excluding hydrogens is 476 g/mol. The second kappa shape index (κ2) is 9.36. The summed E-state index contributed by atoms with van der Waals surface area (Å²) in [5.74, 6) is -1.37. The maximum absolute atomic E-state index is 13.2. The van der Waals surface area contributed by atoms with Crippen LogP contribution in [-0.2, 0) is 26.7 Å². The van der Waals surface area contributed by atoms with Crippen molar-refractivity contribution < 1.29 is 26.4 Å². The topological polar surface area (TPSA) is 66.5 Å². The van der Waals surface area contributed by atoms with Gasteiger partial charge in [-0.1, -0.05) is 35.3 Å². The molecule has 1 fully saturated rings. The van der Waals surface area contributed by atoms with Crippen molar-refractivity contribution >= 4 is 44.8 Å². The van der Waals surface area contributed by atoms with Gasteiger partial charge < -0.3 is 5.32 Å². The van der Waals surface area contributed by atoms with Crippen molar-refractivity contribution in [2.45, 2.75) is 24.8 Å². The Balaban J connectivity index is 1.62. The van der Waals surface area contributed by atoms with Crippen LogP contribution in [-0.4, -0.2) is 31.7 Å². The first kappa shape index (κ1) is 23.8. The zero-order chi connectivity index (χ0) is 22.8. The lowest BCUT2D eigenvalue weighted by Crippen LogP contribution is -2.42. The van der Waals surface area contributed by atoms with Crippen LogP contribution in [0.1, 0.15) is 24.0 Å².